The fourth-order valence-electron chi connectivity index (χ4n) is 3.17. The molecule has 1 aromatic carbocycles. The maximum Gasteiger partial charge on any atom is 0.249 e. The second kappa shape index (κ2) is 6.39. The zero-order chi connectivity index (χ0) is 17.2. The molecule has 6 nitrogen and oxygen atoms in total. The highest BCUT2D eigenvalue weighted by molar-refractivity contribution is 6.06. The van der Waals surface area contributed by atoms with E-state index >= 15 is 0 Å². The Morgan fingerprint density at radius 3 is 2.80 bits per heavy atom. The van der Waals surface area contributed by atoms with Gasteiger partial charge in [0.2, 0.25) is 5.91 Å². The first-order chi connectivity index (χ1) is 12.2. The normalized spacial score (nSPS) is 17.0. The van der Waals surface area contributed by atoms with Crippen molar-refractivity contribution in [2.24, 2.45) is 5.73 Å². The van der Waals surface area contributed by atoms with E-state index in [1.54, 1.807) is 18.5 Å². The fraction of sp³-hybridized carbons (Fsp3) is 0.211. The molecule has 4 rings (SSSR count). The molecule has 0 spiro atoms. The lowest BCUT2D eigenvalue weighted by atomic mass is 10.1. The van der Waals surface area contributed by atoms with E-state index in [1.807, 2.05) is 36.4 Å². The number of pyridine rings is 2. The van der Waals surface area contributed by atoms with Crippen LogP contribution in [0.2, 0.25) is 0 Å². The van der Waals surface area contributed by atoms with E-state index in [4.69, 9.17) is 15.5 Å². The topological polar surface area (TPSA) is 81.3 Å². The van der Waals surface area contributed by atoms with Gasteiger partial charge in [-0.05, 0) is 24.3 Å². The number of carbonyl (C=O) groups excluding carboxylic acids is 1. The standard InChI is InChI=1S/C19H18N4O2/c20-19(24)16-11-18(22-17-4-2-1-3-15(16)17)23-10-7-14(12-23)25-13-5-8-21-9-6-13/h1-6,8-9,11,14H,7,10,12H2,(H2,20,24). The van der Waals surface area contributed by atoms with Crippen molar-refractivity contribution in [3.8, 4) is 5.75 Å². The summed E-state index contributed by atoms with van der Waals surface area (Å²) in [6.45, 7) is 1.53. The third kappa shape index (κ3) is 3.10. The van der Waals surface area contributed by atoms with Gasteiger partial charge in [-0.2, -0.15) is 0 Å². The summed E-state index contributed by atoms with van der Waals surface area (Å²) in [4.78, 5) is 22.7. The molecule has 1 aliphatic heterocycles. The first kappa shape index (κ1) is 15.4. The molecule has 0 bridgehead atoms. The van der Waals surface area contributed by atoms with E-state index < -0.39 is 5.91 Å². The number of primary amides is 1. The SMILES string of the molecule is NC(=O)c1cc(N2CCC(Oc3ccncc3)C2)nc2ccccc12. The second-order valence-corrected chi connectivity index (χ2v) is 6.07. The second-order valence-electron chi connectivity index (χ2n) is 6.07. The molecule has 1 amide bonds. The van der Waals surface area contributed by atoms with Gasteiger partial charge >= 0.3 is 0 Å². The quantitative estimate of drug-likeness (QED) is 0.792. The number of rotatable bonds is 4. The molecule has 3 heterocycles. The molecule has 25 heavy (non-hydrogen) atoms. The number of fused-ring (bicyclic) bond motifs is 1. The zero-order valence-corrected chi connectivity index (χ0v) is 13.6. The van der Waals surface area contributed by atoms with Crippen LogP contribution in [0, 0.1) is 0 Å². The fourth-order valence-corrected chi connectivity index (χ4v) is 3.17. The van der Waals surface area contributed by atoms with Gasteiger partial charge in [-0.25, -0.2) is 4.98 Å². The number of hydrogen-bond donors (Lipinski definition) is 1. The Kier molecular flexibility index (Phi) is 3.93. The third-order valence-electron chi connectivity index (χ3n) is 4.39. The average molecular weight is 334 g/mol. The van der Waals surface area contributed by atoms with Crippen molar-refractivity contribution in [3.63, 3.8) is 0 Å². The number of aromatic nitrogens is 2. The van der Waals surface area contributed by atoms with E-state index in [-0.39, 0.29) is 6.10 Å². The van der Waals surface area contributed by atoms with Gasteiger partial charge in [0, 0.05) is 30.7 Å². The molecule has 6 heteroatoms. The highest BCUT2D eigenvalue weighted by atomic mass is 16.5. The van der Waals surface area contributed by atoms with Crippen molar-refractivity contribution < 1.29 is 9.53 Å². The van der Waals surface area contributed by atoms with Crippen molar-refractivity contribution in [2.45, 2.75) is 12.5 Å². The summed E-state index contributed by atoms with van der Waals surface area (Å²) in [6, 6.07) is 13.0. The molecule has 1 unspecified atom stereocenters. The molecule has 1 fully saturated rings. The number of carbonyl (C=O) groups is 1. The highest BCUT2D eigenvalue weighted by Crippen LogP contribution is 2.26. The van der Waals surface area contributed by atoms with Crippen molar-refractivity contribution in [2.75, 3.05) is 18.0 Å². The first-order valence-corrected chi connectivity index (χ1v) is 8.22. The minimum Gasteiger partial charge on any atom is -0.488 e. The molecule has 0 radical (unpaired) electrons. The Morgan fingerprint density at radius 2 is 2.00 bits per heavy atom. The van der Waals surface area contributed by atoms with Crippen LogP contribution in [0.4, 0.5) is 5.82 Å². The van der Waals surface area contributed by atoms with Crippen LogP contribution in [-0.4, -0.2) is 35.1 Å². The van der Waals surface area contributed by atoms with E-state index in [0.717, 1.165) is 35.4 Å². The Hall–Kier alpha value is -3.15. The molecule has 1 saturated heterocycles. The third-order valence-corrected chi connectivity index (χ3v) is 4.39. The molecular formula is C19H18N4O2. The number of para-hydroxylation sites is 1. The monoisotopic (exact) mass is 334 g/mol. The van der Waals surface area contributed by atoms with Gasteiger partial charge in [-0.15, -0.1) is 0 Å². The smallest absolute Gasteiger partial charge is 0.249 e. The Labute approximate surface area is 145 Å². The Morgan fingerprint density at radius 1 is 1.20 bits per heavy atom. The van der Waals surface area contributed by atoms with Crippen molar-refractivity contribution >= 4 is 22.6 Å². The molecule has 2 aromatic heterocycles. The minimum atomic E-state index is -0.441. The molecule has 0 saturated carbocycles. The first-order valence-electron chi connectivity index (χ1n) is 8.22. The average Bonchev–Trinajstić information content (AvgIpc) is 3.10. The van der Waals surface area contributed by atoms with Gasteiger partial charge in [0.05, 0.1) is 17.6 Å². The Bertz CT molecular complexity index is 914. The van der Waals surface area contributed by atoms with Crippen LogP contribution in [0.25, 0.3) is 10.9 Å². The van der Waals surface area contributed by atoms with Crippen LogP contribution in [0.5, 0.6) is 5.75 Å². The summed E-state index contributed by atoms with van der Waals surface area (Å²) in [5.74, 6) is 1.13. The van der Waals surface area contributed by atoms with Gasteiger partial charge < -0.3 is 15.4 Å². The lowest BCUT2D eigenvalue weighted by molar-refractivity contribution is 0.100. The highest BCUT2D eigenvalue weighted by Gasteiger charge is 2.26. The number of ether oxygens (including phenoxy) is 1. The Balaban J connectivity index is 1.59. The molecule has 1 aliphatic rings. The van der Waals surface area contributed by atoms with Gasteiger partial charge in [0.25, 0.3) is 0 Å². The lowest BCUT2D eigenvalue weighted by Gasteiger charge is -2.19. The van der Waals surface area contributed by atoms with Gasteiger partial charge in [-0.3, -0.25) is 9.78 Å². The number of nitrogens with two attached hydrogens (primary N) is 1. The van der Waals surface area contributed by atoms with Crippen LogP contribution >= 0.6 is 0 Å². The molecule has 3 aromatic rings. The summed E-state index contributed by atoms with van der Waals surface area (Å²) in [5.41, 5.74) is 6.83. The summed E-state index contributed by atoms with van der Waals surface area (Å²) >= 11 is 0. The zero-order valence-electron chi connectivity index (χ0n) is 13.6. The minimum absolute atomic E-state index is 0.0766. The van der Waals surface area contributed by atoms with Crippen molar-refractivity contribution in [1.82, 2.24) is 9.97 Å². The van der Waals surface area contributed by atoms with Crippen LogP contribution in [0.3, 0.4) is 0 Å². The van der Waals surface area contributed by atoms with Gasteiger partial charge in [-0.1, -0.05) is 18.2 Å². The number of hydrogen-bond acceptors (Lipinski definition) is 5. The molecule has 0 aliphatic carbocycles. The maximum atomic E-state index is 11.8. The number of nitrogens with zero attached hydrogens (tertiary/aromatic N) is 3. The summed E-state index contributed by atoms with van der Waals surface area (Å²) in [7, 11) is 0. The largest absolute Gasteiger partial charge is 0.488 e. The maximum absolute atomic E-state index is 11.8. The summed E-state index contributed by atoms with van der Waals surface area (Å²) < 4.78 is 5.99. The van der Waals surface area contributed by atoms with Crippen molar-refractivity contribution in [1.29, 1.82) is 0 Å². The predicted molar refractivity (Wildman–Crippen MR) is 95.7 cm³/mol. The van der Waals surface area contributed by atoms with Crippen LogP contribution in [-0.2, 0) is 0 Å². The van der Waals surface area contributed by atoms with Crippen LogP contribution < -0.4 is 15.4 Å². The molecule has 2 N–H and O–H groups in total. The summed E-state index contributed by atoms with van der Waals surface area (Å²) in [6.07, 6.45) is 4.40. The van der Waals surface area contributed by atoms with Crippen LogP contribution in [0.15, 0.2) is 54.9 Å². The predicted octanol–water partition coefficient (Wildman–Crippen LogP) is 2.39. The molecular weight excluding hydrogens is 316 g/mol. The number of amides is 1. The number of anilines is 1. The molecule has 1 atom stereocenters. The number of benzene rings is 1. The van der Waals surface area contributed by atoms with Gasteiger partial charge in [0.1, 0.15) is 17.7 Å². The van der Waals surface area contributed by atoms with Crippen molar-refractivity contribution in [3.05, 3.63) is 60.4 Å². The molecule has 126 valence electrons. The van der Waals surface area contributed by atoms with E-state index in [1.165, 1.54) is 0 Å². The summed E-state index contributed by atoms with van der Waals surface area (Å²) in [5, 5.41) is 0.780. The van der Waals surface area contributed by atoms with Crippen LogP contribution in [0.1, 0.15) is 16.8 Å². The van der Waals surface area contributed by atoms with E-state index in [9.17, 15) is 4.79 Å². The van der Waals surface area contributed by atoms with Gasteiger partial charge in [0.15, 0.2) is 0 Å². The van der Waals surface area contributed by atoms with E-state index in [0.29, 0.717) is 12.1 Å². The lowest BCUT2D eigenvalue weighted by Crippen LogP contribution is -2.26. The van der Waals surface area contributed by atoms with E-state index in [2.05, 4.69) is 9.88 Å².